The van der Waals surface area contributed by atoms with E-state index in [9.17, 15) is 4.79 Å². The van der Waals surface area contributed by atoms with E-state index in [0.717, 1.165) is 18.1 Å². The predicted molar refractivity (Wildman–Crippen MR) is 64.1 cm³/mol. The van der Waals surface area contributed by atoms with Gasteiger partial charge in [-0.15, -0.1) is 0 Å². The van der Waals surface area contributed by atoms with Gasteiger partial charge in [0.05, 0.1) is 0 Å². The number of carbonyl (C=O) groups excluding carboxylic acids is 1. The Morgan fingerprint density at radius 1 is 1.53 bits per heavy atom. The van der Waals surface area contributed by atoms with E-state index >= 15 is 0 Å². The van der Waals surface area contributed by atoms with Crippen LogP contribution in [0.3, 0.4) is 0 Å². The van der Waals surface area contributed by atoms with Crippen LogP contribution in [0.1, 0.15) is 17.3 Å². The monoisotopic (exact) mass is 250 g/mol. The molecule has 8 heteroatoms. The number of rotatable bonds is 4. The highest BCUT2D eigenvalue weighted by atomic mass is 32.1. The quantitative estimate of drug-likeness (QED) is 0.841. The van der Waals surface area contributed by atoms with Gasteiger partial charge in [-0.05, 0) is 24.3 Å². The summed E-state index contributed by atoms with van der Waals surface area (Å²) in [6.07, 6.45) is 1.57. The maximum Gasteiger partial charge on any atom is 0.257 e. The van der Waals surface area contributed by atoms with Gasteiger partial charge >= 0.3 is 0 Å². The zero-order valence-corrected chi connectivity index (χ0v) is 9.86. The van der Waals surface area contributed by atoms with Gasteiger partial charge < -0.3 is 5.32 Å². The van der Waals surface area contributed by atoms with Crippen LogP contribution in [-0.4, -0.2) is 32.2 Å². The van der Waals surface area contributed by atoms with Gasteiger partial charge in [-0.25, -0.2) is 4.98 Å². The summed E-state index contributed by atoms with van der Waals surface area (Å²) in [4.78, 5) is 15.9. The van der Waals surface area contributed by atoms with E-state index < -0.39 is 0 Å². The molecule has 1 amide bonds. The third kappa shape index (κ3) is 2.94. The van der Waals surface area contributed by atoms with Crippen LogP contribution in [0.25, 0.3) is 0 Å². The number of pyridine rings is 1. The summed E-state index contributed by atoms with van der Waals surface area (Å²) in [5.41, 5.74) is 0.506. The van der Waals surface area contributed by atoms with Crippen LogP contribution in [0.2, 0.25) is 0 Å². The second kappa shape index (κ2) is 5.30. The molecule has 0 radical (unpaired) electrons. The Bertz CT molecular complexity index is 500. The number of hydrogen-bond acceptors (Lipinski definition) is 7. The fraction of sp³-hybridized carbons (Fsp3) is 0.222. The molecule has 0 atom stereocenters. The highest BCUT2D eigenvalue weighted by Gasteiger charge is 2.09. The van der Waals surface area contributed by atoms with Crippen molar-refractivity contribution in [3.63, 3.8) is 0 Å². The molecule has 2 aromatic heterocycles. The summed E-state index contributed by atoms with van der Waals surface area (Å²) in [5.74, 6) is 0.403. The number of aromatic nitrogens is 4. The smallest absolute Gasteiger partial charge is 0.257 e. The lowest BCUT2D eigenvalue weighted by Gasteiger charge is -2.04. The molecule has 2 N–H and O–H groups in total. The van der Waals surface area contributed by atoms with Crippen molar-refractivity contribution in [1.29, 1.82) is 0 Å². The molecule has 0 spiro atoms. The van der Waals surface area contributed by atoms with Gasteiger partial charge in [-0.3, -0.25) is 10.1 Å². The molecule has 2 rings (SSSR count). The van der Waals surface area contributed by atoms with Gasteiger partial charge in [0.25, 0.3) is 5.91 Å². The van der Waals surface area contributed by atoms with E-state index in [4.69, 9.17) is 0 Å². The van der Waals surface area contributed by atoms with Crippen LogP contribution >= 0.6 is 11.5 Å². The molecule has 0 saturated heterocycles. The Kier molecular flexibility index (Phi) is 3.55. The van der Waals surface area contributed by atoms with Crippen LogP contribution in [-0.2, 0) is 0 Å². The first-order valence-electron chi connectivity index (χ1n) is 4.96. The topological polar surface area (TPSA) is 92.7 Å². The average Bonchev–Trinajstić information content (AvgIpc) is 2.83. The summed E-state index contributed by atoms with van der Waals surface area (Å²) in [5, 5.41) is 13.0. The van der Waals surface area contributed by atoms with Crippen molar-refractivity contribution in [1.82, 2.24) is 19.8 Å². The molecule has 0 aliphatic heterocycles. The lowest BCUT2D eigenvalue weighted by atomic mass is 10.2. The van der Waals surface area contributed by atoms with Gasteiger partial charge in [0, 0.05) is 29.8 Å². The van der Waals surface area contributed by atoms with E-state index in [-0.39, 0.29) is 5.91 Å². The van der Waals surface area contributed by atoms with Gasteiger partial charge in [0.2, 0.25) is 5.13 Å². The van der Waals surface area contributed by atoms with Crippen LogP contribution in [0.4, 0.5) is 10.9 Å². The Morgan fingerprint density at radius 2 is 2.41 bits per heavy atom. The molecule has 2 aromatic rings. The lowest BCUT2D eigenvalue weighted by Crippen LogP contribution is -2.12. The number of nitrogens with one attached hydrogen (secondary N) is 2. The zero-order chi connectivity index (χ0) is 12.1. The van der Waals surface area contributed by atoms with Crippen LogP contribution in [0.5, 0.6) is 0 Å². The molecule has 2 heterocycles. The van der Waals surface area contributed by atoms with Crippen molar-refractivity contribution in [3.05, 3.63) is 23.9 Å². The largest absolute Gasteiger partial charge is 0.370 e. The third-order valence-electron chi connectivity index (χ3n) is 1.90. The molecule has 0 bridgehead atoms. The van der Waals surface area contributed by atoms with E-state index in [1.54, 1.807) is 18.3 Å². The second-order valence-electron chi connectivity index (χ2n) is 3.08. The summed E-state index contributed by atoms with van der Waals surface area (Å²) in [6.45, 7) is 2.71. The lowest BCUT2D eigenvalue weighted by molar-refractivity contribution is 0.102. The van der Waals surface area contributed by atoms with Gasteiger partial charge in [0.1, 0.15) is 5.82 Å². The molecule has 0 saturated carbocycles. The van der Waals surface area contributed by atoms with Crippen LogP contribution in [0.15, 0.2) is 18.3 Å². The first-order valence-corrected chi connectivity index (χ1v) is 5.73. The molecule has 88 valence electrons. The van der Waals surface area contributed by atoms with Gasteiger partial charge in [0.15, 0.2) is 0 Å². The number of carbonyl (C=O) groups is 1. The number of nitrogens with zero attached hydrogens (tertiary/aromatic N) is 4. The van der Waals surface area contributed by atoms with Gasteiger partial charge in [-0.1, -0.05) is 9.59 Å². The molecule has 17 heavy (non-hydrogen) atoms. The van der Waals surface area contributed by atoms with Crippen LogP contribution < -0.4 is 10.6 Å². The fourth-order valence-electron chi connectivity index (χ4n) is 1.20. The zero-order valence-electron chi connectivity index (χ0n) is 9.04. The highest BCUT2D eigenvalue weighted by Crippen LogP contribution is 2.10. The van der Waals surface area contributed by atoms with E-state index in [2.05, 4.69) is 30.4 Å². The number of amides is 1. The normalized spacial score (nSPS) is 9.94. The van der Waals surface area contributed by atoms with Crippen molar-refractivity contribution in [2.45, 2.75) is 6.92 Å². The molecule has 0 aromatic carbocycles. The van der Waals surface area contributed by atoms with E-state index in [1.165, 1.54) is 0 Å². The van der Waals surface area contributed by atoms with Gasteiger partial charge in [-0.2, -0.15) is 0 Å². The molecule has 0 unspecified atom stereocenters. The summed E-state index contributed by atoms with van der Waals surface area (Å²) < 4.78 is 3.56. The third-order valence-corrected chi connectivity index (χ3v) is 2.41. The van der Waals surface area contributed by atoms with Crippen molar-refractivity contribution in [2.75, 3.05) is 17.2 Å². The maximum atomic E-state index is 11.8. The van der Waals surface area contributed by atoms with E-state index in [0.29, 0.717) is 16.5 Å². The molecule has 7 nitrogen and oxygen atoms in total. The molecule has 0 fully saturated rings. The molecule has 0 aliphatic rings. The minimum atomic E-state index is -0.259. The Labute approximate surface area is 101 Å². The SMILES string of the molecule is CCNc1cc(C(=O)Nc2nnns2)ccn1. The Morgan fingerprint density at radius 3 is 3.12 bits per heavy atom. The first kappa shape index (κ1) is 11.4. The Hall–Kier alpha value is -2.09. The van der Waals surface area contributed by atoms with Crippen molar-refractivity contribution >= 4 is 28.4 Å². The van der Waals surface area contributed by atoms with Crippen molar-refractivity contribution in [3.8, 4) is 0 Å². The van der Waals surface area contributed by atoms with Crippen molar-refractivity contribution in [2.24, 2.45) is 0 Å². The molecular weight excluding hydrogens is 240 g/mol. The standard InChI is InChI=1S/C9H10N6OS/c1-2-10-7-5-6(3-4-11-7)8(16)12-9-13-14-15-17-9/h3-5H,2H2,1H3,(H,10,11)(H,12,13,15,16). The Balaban J connectivity index is 2.11. The maximum absolute atomic E-state index is 11.8. The van der Waals surface area contributed by atoms with E-state index in [1.807, 2.05) is 6.92 Å². The highest BCUT2D eigenvalue weighted by molar-refractivity contribution is 7.09. The predicted octanol–water partition coefficient (Wildman–Crippen LogP) is 1.01. The van der Waals surface area contributed by atoms with Crippen LogP contribution in [0, 0.1) is 0 Å². The summed E-state index contributed by atoms with van der Waals surface area (Å²) >= 11 is 1.02. The summed E-state index contributed by atoms with van der Waals surface area (Å²) in [7, 11) is 0. The first-order chi connectivity index (χ1) is 8.29. The fourth-order valence-corrected chi connectivity index (χ4v) is 1.56. The minimum absolute atomic E-state index is 0.259. The summed E-state index contributed by atoms with van der Waals surface area (Å²) in [6, 6.07) is 3.30. The minimum Gasteiger partial charge on any atom is -0.370 e. The molecular formula is C9H10N6OS. The number of hydrogen-bond donors (Lipinski definition) is 2. The van der Waals surface area contributed by atoms with Crippen molar-refractivity contribution < 1.29 is 4.79 Å². The average molecular weight is 250 g/mol. The molecule has 0 aliphatic carbocycles. The second-order valence-corrected chi connectivity index (χ2v) is 3.81. The number of anilines is 2.